The van der Waals surface area contributed by atoms with E-state index in [4.69, 9.17) is 0 Å². The molecule has 14 heavy (non-hydrogen) atoms. The summed E-state index contributed by atoms with van der Waals surface area (Å²) in [6.45, 7) is 5.41. The van der Waals surface area contributed by atoms with Gasteiger partial charge < -0.3 is 5.11 Å². The number of Topliss-reactive ketones (excluding diaryl/α,β-unsaturated/α-hetero) is 1. The molecule has 1 aromatic rings. The molecule has 0 aliphatic heterocycles. The Kier molecular flexibility index (Phi) is 3.46. The third-order valence-corrected chi connectivity index (χ3v) is 2.14. The summed E-state index contributed by atoms with van der Waals surface area (Å²) in [4.78, 5) is 11.7. The van der Waals surface area contributed by atoms with Gasteiger partial charge in [0.15, 0.2) is 5.78 Å². The molecular weight excluding hydrogens is 176 g/mol. The highest BCUT2D eigenvalue weighted by Gasteiger charge is 2.16. The van der Waals surface area contributed by atoms with Gasteiger partial charge in [-0.1, -0.05) is 25.1 Å². The fraction of sp³-hybridized carbons (Fsp3) is 0.250. The van der Waals surface area contributed by atoms with Crippen LogP contribution in [0.4, 0.5) is 0 Å². The van der Waals surface area contributed by atoms with E-state index in [0.717, 1.165) is 0 Å². The van der Waals surface area contributed by atoms with Gasteiger partial charge in [0.25, 0.3) is 0 Å². The highest BCUT2D eigenvalue weighted by Crippen LogP contribution is 2.20. The Morgan fingerprint density at radius 1 is 1.57 bits per heavy atom. The van der Waals surface area contributed by atoms with Crippen molar-refractivity contribution in [3.05, 3.63) is 42.5 Å². The Hall–Kier alpha value is -1.57. The quantitative estimate of drug-likeness (QED) is 0.585. The summed E-state index contributed by atoms with van der Waals surface area (Å²) in [7, 11) is 0. The van der Waals surface area contributed by atoms with E-state index in [1.54, 1.807) is 24.3 Å². The zero-order valence-electron chi connectivity index (χ0n) is 8.23. The van der Waals surface area contributed by atoms with Crippen molar-refractivity contribution >= 4 is 5.78 Å². The number of hydrogen-bond donors (Lipinski definition) is 1. The number of ketones is 1. The number of phenols is 1. The molecule has 1 atom stereocenters. The van der Waals surface area contributed by atoms with Crippen LogP contribution >= 0.6 is 0 Å². The van der Waals surface area contributed by atoms with Crippen LogP contribution in [0.15, 0.2) is 36.9 Å². The first-order valence-corrected chi connectivity index (χ1v) is 4.60. The van der Waals surface area contributed by atoms with Crippen LogP contribution in [0, 0.1) is 5.92 Å². The molecule has 0 heterocycles. The summed E-state index contributed by atoms with van der Waals surface area (Å²) in [5.41, 5.74) is 0.391. The minimum atomic E-state index is -0.124. The lowest BCUT2D eigenvalue weighted by molar-refractivity contribution is 0.0928. The maximum Gasteiger partial charge on any atom is 0.169 e. The molecule has 0 spiro atoms. The van der Waals surface area contributed by atoms with E-state index in [0.29, 0.717) is 12.0 Å². The van der Waals surface area contributed by atoms with Gasteiger partial charge in [-0.15, -0.1) is 6.58 Å². The van der Waals surface area contributed by atoms with E-state index in [1.807, 2.05) is 6.92 Å². The van der Waals surface area contributed by atoms with E-state index < -0.39 is 0 Å². The molecule has 2 heteroatoms. The molecular formula is C12H14O2. The number of carbonyl (C=O) groups excluding carboxylic acids is 1. The number of aromatic hydroxyl groups is 1. The largest absolute Gasteiger partial charge is 0.507 e. The Labute approximate surface area is 83.9 Å². The lowest BCUT2D eigenvalue weighted by Gasteiger charge is -2.08. The first kappa shape index (κ1) is 10.5. The average molecular weight is 190 g/mol. The van der Waals surface area contributed by atoms with Crippen molar-refractivity contribution in [3.63, 3.8) is 0 Å². The molecule has 0 radical (unpaired) electrons. The lowest BCUT2D eigenvalue weighted by atomic mass is 9.96. The van der Waals surface area contributed by atoms with Gasteiger partial charge in [0.2, 0.25) is 0 Å². The predicted molar refractivity (Wildman–Crippen MR) is 56.4 cm³/mol. The SMILES string of the molecule is C=CCC(C)C(=O)c1ccccc1O. The number of benzene rings is 1. The van der Waals surface area contributed by atoms with Crippen molar-refractivity contribution in [3.8, 4) is 5.75 Å². The molecule has 0 saturated carbocycles. The predicted octanol–water partition coefficient (Wildman–Crippen LogP) is 2.79. The molecule has 0 aliphatic rings. The van der Waals surface area contributed by atoms with Crippen LogP contribution < -0.4 is 0 Å². The number of phenolic OH excluding ortho intramolecular Hbond substituents is 1. The van der Waals surface area contributed by atoms with Gasteiger partial charge in [0.1, 0.15) is 5.75 Å². The maximum absolute atomic E-state index is 11.7. The van der Waals surface area contributed by atoms with Crippen molar-refractivity contribution in [1.82, 2.24) is 0 Å². The second kappa shape index (κ2) is 4.61. The summed E-state index contributed by atoms with van der Waals surface area (Å²) in [6, 6.07) is 6.60. The molecule has 1 aromatic carbocycles. The molecule has 1 unspecified atom stereocenters. The third-order valence-electron chi connectivity index (χ3n) is 2.14. The van der Waals surface area contributed by atoms with Crippen molar-refractivity contribution in [2.24, 2.45) is 5.92 Å². The lowest BCUT2D eigenvalue weighted by Crippen LogP contribution is -2.10. The standard InChI is InChI=1S/C12H14O2/c1-3-6-9(2)12(14)10-7-4-5-8-11(10)13/h3-5,7-9,13H,1,6H2,2H3. The first-order chi connectivity index (χ1) is 6.66. The molecule has 0 amide bonds. The second-order valence-corrected chi connectivity index (χ2v) is 3.31. The highest BCUT2D eigenvalue weighted by atomic mass is 16.3. The van der Waals surface area contributed by atoms with Crippen LogP contribution in [0.3, 0.4) is 0 Å². The molecule has 0 fully saturated rings. The van der Waals surface area contributed by atoms with E-state index in [-0.39, 0.29) is 17.5 Å². The van der Waals surface area contributed by atoms with Crippen LogP contribution in [0.1, 0.15) is 23.7 Å². The zero-order valence-corrected chi connectivity index (χ0v) is 8.23. The van der Waals surface area contributed by atoms with Gasteiger partial charge in [-0.25, -0.2) is 0 Å². The van der Waals surface area contributed by atoms with Crippen molar-refractivity contribution in [2.45, 2.75) is 13.3 Å². The summed E-state index contributed by atoms with van der Waals surface area (Å²) in [6.07, 6.45) is 2.34. The van der Waals surface area contributed by atoms with Crippen molar-refractivity contribution in [1.29, 1.82) is 0 Å². The zero-order chi connectivity index (χ0) is 10.6. The van der Waals surface area contributed by atoms with Gasteiger partial charge in [-0.3, -0.25) is 4.79 Å². The third kappa shape index (κ3) is 2.22. The minimum Gasteiger partial charge on any atom is -0.507 e. The molecule has 0 saturated heterocycles. The Morgan fingerprint density at radius 3 is 2.79 bits per heavy atom. The van der Waals surface area contributed by atoms with Gasteiger partial charge in [-0.05, 0) is 18.6 Å². The Bertz CT molecular complexity index is 342. The Morgan fingerprint density at radius 2 is 2.21 bits per heavy atom. The van der Waals surface area contributed by atoms with Crippen LogP contribution in [-0.2, 0) is 0 Å². The summed E-state index contributed by atoms with van der Waals surface area (Å²) >= 11 is 0. The monoisotopic (exact) mass is 190 g/mol. The van der Waals surface area contributed by atoms with Crippen molar-refractivity contribution in [2.75, 3.05) is 0 Å². The fourth-order valence-electron chi connectivity index (χ4n) is 1.30. The van der Waals surface area contributed by atoms with Crippen LogP contribution in [0.5, 0.6) is 5.75 Å². The van der Waals surface area contributed by atoms with Gasteiger partial charge in [0.05, 0.1) is 5.56 Å². The molecule has 0 aliphatic carbocycles. The number of carbonyl (C=O) groups is 1. The average Bonchev–Trinajstić information content (AvgIpc) is 2.18. The smallest absolute Gasteiger partial charge is 0.169 e. The minimum absolute atomic E-state index is 0.0389. The number of rotatable bonds is 4. The molecule has 1 N–H and O–H groups in total. The van der Waals surface area contributed by atoms with Gasteiger partial charge >= 0.3 is 0 Å². The summed E-state index contributed by atoms with van der Waals surface area (Å²) < 4.78 is 0. The molecule has 74 valence electrons. The fourth-order valence-corrected chi connectivity index (χ4v) is 1.30. The summed E-state index contributed by atoms with van der Waals surface area (Å²) in [5.74, 6) is -0.114. The number of allylic oxidation sites excluding steroid dienone is 1. The van der Waals surface area contributed by atoms with Crippen LogP contribution in [0.2, 0.25) is 0 Å². The number of para-hydroxylation sites is 1. The first-order valence-electron chi connectivity index (χ1n) is 4.60. The second-order valence-electron chi connectivity index (χ2n) is 3.31. The molecule has 1 rings (SSSR count). The van der Waals surface area contributed by atoms with E-state index >= 15 is 0 Å². The van der Waals surface area contributed by atoms with Gasteiger partial charge in [-0.2, -0.15) is 0 Å². The van der Waals surface area contributed by atoms with E-state index in [9.17, 15) is 9.90 Å². The molecule has 0 bridgehead atoms. The van der Waals surface area contributed by atoms with E-state index in [1.165, 1.54) is 6.07 Å². The Balaban J connectivity index is 2.89. The van der Waals surface area contributed by atoms with E-state index in [2.05, 4.69) is 6.58 Å². The topological polar surface area (TPSA) is 37.3 Å². The molecule has 0 aromatic heterocycles. The van der Waals surface area contributed by atoms with Crippen LogP contribution in [-0.4, -0.2) is 10.9 Å². The summed E-state index contributed by atoms with van der Waals surface area (Å²) in [5, 5.41) is 9.45. The van der Waals surface area contributed by atoms with Crippen LogP contribution in [0.25, 0.3) is 0 Å². The number of hydrogen-bond acceptors (Lipinski definition) is 2. The van der Waals surface area contributed by atoms with Crippen molar-refractivity contribution < 1.29 is 9.90 Å². The van der Waals surface area contributed by atoms with Gasteiger partial charge in [0, 0.05) is 5.92 Å². The maximum atomic E-state index is 11.7. The highest BCUT2D eigenvalue weighted by molar-refractivity contribution is 6.00. The normalized spacial score (nSPS) is 12.1. The molecule has 2 nitrogen and oxygen atoms in total.